The van der Waals surface area contributed by atoms with Gasteiger partial charge >= 0.3 is 0 Å². The molecule has 0 unspecified atom stereocenters. The van der Waals surface area contributed by atoms with Crippen LogP contribution in [0.15, 0.2) is 48.5 Å². The van der Waals surface area contributed by atoms with Crippen LogP contribution in [0.4, 0.5) is 5.69 Å². The molecular formula is C18H22N2OS. The normalized spacial score (nSPS) is 10.1. The molecule has 2 rings (SSSR count). The van der Waals surface area contributed by atoms with Crippen molar-refractivity contribution >= 4 is 23.0 Å². The molecule has 0 saturated carbocycles. The van der Waals surface area contributed by atoms with Crippen LogP contribution in [0.2, 0.25) is 0 Å². The largest absolute Gasteiger partial charge is 0.497 e. The predicted octanol–water partition coefficient (Wildman–Crippen LogP) is 3.79. The van der Waals surface area contributed by atoms with E-state index in [1.165, 1.54) is 11.1 Å². The minimum atomic E-state index is 0.649. The van der Waals surface area contributed by atoms with Crippen LogP contribution in [-0.4, -0.2) is 18.8 Å². The molecule has 3 nitrogen and oxygen atoms in total. The highest BCUT2D eigenvalue weighted by Crippen LogP contribution is 2.13. The van der Waals surface area contributed by atoms with E-state index in [1.54, 1.807) is 7.11 Å². The van der Waals surface area contributed by atoms with Crippen molar-refractivity contribution in [2.24, 2.45) is 0 Å². The van der Waals surface area contributed by atoms with Gasteiger partial charge < -0.3 is 15.4 Å². The van der Waals surface area contributed by atoms with Crippen molar-refractivity contribution in [3.8, 4) is 5.75 Å². The van der Waals surface area contributed by atoms with Crippen molar-refractivity contribution in [3.05, 3.63) is 59.7 Å². The first-order valence-corrected chi connectivity index (χ1v) is 7.89. The number of nitrogens with one attached hydrogen (secondary N) is 2. The summed E-state index contributed by atoms with van der Waals surface area (Å²) in [5.74, 6) is 0.884. The van der Waals surface area contributed by atoms with Crippen molar-refractivity contribution in [1.29, 1.82) is 0 Å². The van der Waals surface area contributed by atoms with Gasteiger partial charge in [-0.15, -0.1) is 0 Å². The van der Waals surface area contributed by atoms with E-state index in [0.717, 1.165) is 30.8 Å². The van der Waals surface area contributed by atoms with Gasteiger partial charge in [-0.3, -0.25) is 0 Å². The Morgan fingerprint density at radius 1 is 1.09 bits per heavy atom. The molecular weight excluding hydrogens is 292 g/mol. The molecule has 0 saturated heterocycles. The second-order valence-corrected chi connectivity index (χ2v) is 5.44. The lowest BCUT2D eigenvalue weighted by Crippen LogP contribution is -2.30. The van der Waals surface area contributed by atoms with E-state index in [9.17, 15) is 0 Å². The third-order valence-electron chi connectivity index (χ3n) is 3.43. The Labute approximate surface area is 137 Å². The highest BCUT2D eigenvalue weighted by molar-refractivity contribution is 7.80. The van der Waals surface area contributed by atoms with E-state index in [4.69, 9.17) is 17.0 Å². The zero-order chi connectivity index (χ0) is 15.8. The molecule has 22 heavy (non-hydrogen) atoms. The van der Waals surface area contributed by atoms with Crippen molar-refractivity contribution in [2.75, 3.05) is 19.0 Å². The summed E-state index contributed by atoms with van der Waals surface area (Å²) >= 11 is 5.33. The number of anilines is 1. The van der Waals surface area contributed by atoms with Crippen LogP contribution in [0.3, 0.4) is 0 Å². The Morgan fingerprint density at radius 3 is 2.64 bits per heavy atom. The monoisotopic (exact) mass is 314 g/mol. The summed E-state index contributed by atoms with van der Waals surface area (Å²) in [6.45, 7) is 2.93. The maximum atomic E-state index is 5.33. The first kappa shape index (κ1) is 16.3. The number of hydrogen-bond acceptors (Lipinski definition) is 2. The molecule has 0 heterocycles. The third-order valence-corrected chi connectivity index (χ3v) is 3.67. The Balaban J connectivity index is 1.79. The predicted molar refractivity (Wildman–Crippen MR) is 96.7 cm³/mol. The van der Waals surface area contributed by atoms with E-state index in [1.807, 2.05) is 30.3 Å². The highest BCUT2D eigenvalue weighted by atomic mass is 32.1. The maximum Gasteiger partial charge on any atom is 0.170 e. The van der Waals surface area contributed by atoms with Gasteiger partial charge in [-0.2, -0.15) is 0 Å². The number of aryl methyl sites for hydroxylation is 1. The summed E-state index contributed by atoms with van der Waals surface area (Å²) in [5.41, 5.74) is 3.55. The molecule has 0 bridgehead atoms. The summed E-state index contributed by atoms with van der Waals surface area (Å²) in [4.78, 5) is 0. The SMILES string of the molecule is CCc1cccc(NC(=S)NCCc2cccc(OC)c2)c1. The zero-order valence-electron chi connectivity index (χ0n) is 13.1. The van der Waals surface area contributed by atoms with Gasteiger partial charge in [-0.05, 0) is 60.5 Å². The van der Waals surface area contributed by atoms with Crippen molar-refractivity contribution in [1.82, 2.24) is 5.32 Å². The molecule has 0 aliphatic rings. The fourth-order valence-corrected chi connectivity index (χ4v) is 2.41. The van der Waals surface area contributed by atoms with E-state index in [2.05, 4.69) is 35.8 Å². The molecule has 2 aromatic carbocycles. The van der Waals surface area contributed by atoms with E-state index < -0.39 is 0 Å². The number of thiocarbonyl (C=S) groups is 1. The van der Waals surface area contributed by atoms with Gasteiger partial charge in [0.25, 0.3) is 0 Å². The second-order valence-electron chi connectivity index (χ2n) is 5.04. The molecule has 0 aliphatic carbocycles. The second kappa shape index (κ2) is 8.39. The molecule has 0 radical (unpaired) electrons. The summed E-state index contributed by atoms with van der Waals surface area (Å²) in [7, 11) is 1.68. The summed E-state index contributed by atoms with van der Waals surface area (Å²) < 4.78 is 5.22. The number of rotatable bonds is 6. The molecule has 0 fully saturated rings. The van der Waals surface area contributed by atoms with Gasteiger partial charge in [0.05, 0.1) is 7.11 Å². The van der Waals surface area contributed by atoms with Crippen LogP contribution in [0, 0.1) is 0 Å². The third kappa shape index (κ3) is 5.04. The van der Waals surface area contributed by atoms with Gasteiger partial charge in [0.2, 0.25) is 0 Å². The van der Waals surface area contributed by atoms with Crippen LogP contribution in [-0.2, 0) is 12.8 Å². The Hall–Kier alpha value is -2.07. The van der Waals surface area contributed by atoms with Crippen molar-refractivity contribution < 1.29 is 4.74 Å². The molecule has 0 aliphatic heterocycles. The van der Waals surface area contributed by atoms with Crippen molar-refractivity contribution in [2.45, 2.75) is 19.8 Å². The zero-order valence-corrected chi connectivity index (χ0v) is 13.9. The van der Waals surface area contributed by atoms with E-state index >= 15 is 0 Å². The topological polar surface area (TPSA) is 33.3 Å². The van der Waals surface area contributed by atoms with Crippen LogP contribution in [0.5, 0.6) is 5.75 Å². The van der Waals surface area contributed by atoms with Crippen LogP contribution >= 0.6 is 12.2 Å². The van der Waals surface area contributed by atoms with Crippen LogP contribution in [0.1, 0.15) is 18.1 Å². The molecule has 0 atom stereocenters. The van der Waals surface area contributed by atoms with Gasteiger partial charge in [0.1, 0.15) is 5.75 Å². The molecule has 2 aromatic rings. The Bertz CT molecular complexity index is 628. The first-order chi connectivity index (χ1) is 10.7. The van der Waals surface area contributed by atoms with Gasteiger partial charge in [-0.25, -0.2) is 0 Å². The number of methoxy groups -OCH3 is 1. The lowest BCUT2D eigenvalue weighted by molar-refractivity contribution is 0.414. The average Bonchev–Trinajstić information content (AvgIpc) is 2.55. The van der Waals surface area contributed by atoms with E-state index in [-0.39, 0.29) is 0 Å². The lowest BCUT2D eigenvalue weighted by Gasteiger charge is -2.11. The van der Waals surface area contributed by atoms with Gasteiger partial charge in [0.15, 0.2) is 5.11 Å². The number of benzene rings is 2. The molecule has 2 N–H and O–H groups in total. The molecule has 116 valence electrons. The van der Waals surface area contributed by atoms with Crippen molar-refractivity contribution in [3.63, 3.8) is 0 Å². The summed E-state index contributed by atoms with van der Waals surface area (Å²) in [6, 6.07) is 16.4. The number of hydrogen-bond donors (Lipinski definition) is 2. The minimum absolute atomic E-state index is 0.649. The van der Waals surface area contributed by atoms with Gasteiger partial charge in [0, 0.05) is 12.2 Å². The smallest absolute Gasteiger partial charge is 0.170 e. The average molecular weight is 314 g/mol. The standard InChI is InChI=1S/C18H22N2OS/c1-3-14-6-4-8-16(12-14)20-18(22)19-11-10-15-7-5-9-17(13-15)21-2/h4-9,12-13H,3,10-11H2,1-2H3,(H2,19,20,22). The summed E-state index contributed by atoms with van der Waals surface area (Å²) in [5, 5.41) is 7.10. The lowest BCUT2D eigenvalue weighted by atomic mass is 10.1. The molecule has 4 heteroatoms. The van der Waals surface area contributed by atoms with Gasteiger partial charge in [-0.1, -0.05) is 31.2 Å². The molecule has 0 aromatic heterocycles. The summed E-state index contributed by atoms with van der Waals surface area (Å²) in [6.07, 6.45) is 1.92. The van der Waals surface area contributed by atoms with Crippen LogP contribution < -0.4 is 15.4 Å². The first-order valence-electron chi connectivity index (χ1n) is 7.48. The van der Waals surface area contributed by atoms with Crippen LogP contribution in [0.25, 0.3) is 0 Å². The molecule has 0 amide bonds. The Morgan fingerprint density at radius 2 is 1.86 bits per heavy atom. The maximum absolute atomic E-state index is 5.33. The fraction of sp³-hybridized carbons (Fsp3) is 0.278. The Kier molecular flexibility index (Phi) is 6.22. The minimum Gasteiger partial charge on any atom is -0.497 e. The quantitative estimate of drug-likeness (QED) is 0.795. The van der Waals surface area contributed by atoms with E-state index in [0.29, 0.717) is 5.11 Å². The highest BCUT2D eigenvalue weighted by Gasteiger charge is 2.00. The number of ether oxygens (including phenoxy) is 1. The molecule has 0 spiro atoms. The fourth-order valence-electron chi connectivity index (χ4n) is 2.19.